The van der Waals surface area contributed by atoms with E-state index in [0.29, 0.717) is 29.5 Å². The summed E-state index contributed by atoms with van der Waals surface area (Å²) in [6, 6.07) is 11.2. The first-order chi connectivity index (χ1) is 14.7. The van der Waals surface area contributed by atoms with Gasteiger partial charge in [-0.3, -0.25) is 9.52 Å². The fraction of sp³-hybridized carbons (Fsp3) is 0.238. The first-order valence-corrected chi connectivity index (χ1v) is 12.7. The van der Waals surface area contributed by atoms with Crippen LogP contribution in [0.15, 0.2) is 63.4 Å². The van der Waals surface area contributed by atoms with Gasteiger partial charge >= 0.3 is 0 Å². The third kappa shape index (κ3) is 6.52. The molecule has 0 radical (unpaired) electrons. The van der Waals surface area contributed by atoms with Gasteiger partial charge in [0.25, 0.3) is 15.9 Å². The molecule has 3 rings (SSSR count). The van der Waals surface area contributed by atoms with Crippen LogP contribution in [0.2, 0.25) is 0 Å². The smallest absolute Gasteiger partial charge is 0.263 e. The van der Waals surface area contributed by atoms with E-state index in [0.717, 1.165) is 10.9 Å². The maximum absolute atomic E-state index is 12.8. The summed E-state index contributed by atoms with van der Waals surface area (Å²) in [6.45, 7) is 4.72. The maximum Gasteiger partial charge on any atom is 0.263 e. The van der Waals surface area contributed by atoms with Gasteiger partial charge in [0.05, 0.1) is 17.1 Å². The minimum Gasteiger partial charge on any atom is -0.493 e. The average molecular weight is 524 g/mol. The molecule has 0 fully saturated rings. The fourth-order valence-electron chi connectivity index (χ4n) is 2.57. The number of nitrogens with one attached hydrogen (secondary N) is 2. The topological polar surface area (TPSA) is 97.4 Å². The zero-order valence-electron chi connectivity index (χ0n) is 17.0. The van der Waals surface area contributed by atoms with Crippen molar-refractivity contribution in [2.24, 2.45) is 5.92 Å². The molecule has 10 heteroatoms. The lowest BCUT2D eigenvalue weighted by molar-refractivity contribution is 0.102. The van der Waals surface area contributed by atoms with Gasteiger partial charge in [-0.15, -0.1) is 11.3 Å². The number of ether oxygens (including phenoxy) is 1. The Bertz CT molecular complexity index is 1130. The highest BCUT2D eigenvalue weighted by atomic mass is 79.9. The van der Waals surface area contributed by atoms with Crippen molar-refractivity contribution in [1.82, 2.24) is 4.98 Å². The molecule has 0 bridgehead atoms. The number of nitrogens with zero attached hydrogens (tertiary/aromatic N) is 1. The molecule has 0 aliphatic carbocycles. The van der Waals surface area contributed by atoms with Crippen LogP contribution in [0, 0.1) is 5.92 Å². The van der Waals surface area contributed by atoms with Gasteiger partial charge in [0.2, 0.25) is 0 Å². The Kier molecular flexibility index (Phi) is 7.69. The Morgan fingerprint density at radius 2 is 1.94 bits per heavy atom. The highest BCUT2D eigenvalue weighted by Gasteiger charge is 2.17. The minimum atomic E-state index is -3.75. The molecule has 164 valence electrons. The summed E-state index contributed by atoms with van der Waals surface area (Å²) in [7, 11) is -3.75. The van der Waals surface area contributed by atoms with Crippen molar-refractivity contribution in [3.8, 4) is 5.75 Å². The second kappa shape index (κ2) is 10.3. The SMILES string of the molecule is CC(C)CCOc1ccc(Br)cc1C(=O)Nc1ccc(S(=O)(=O)Nc2nccs2)cc1. The minimum absolute atomic E-state index is 0.0702. The summed E-state index contributed by atoms with van der Waals surface area (Å²) in [4.78, 5) is 16.8. The van der Waals surface area contributed by atoms with Crippen LogP contribution in [-0.4, -0.2) is 25.9 Å². The van der Waals surface area contributed by atoms with Crippen molar-refractivity contribution < 1.29 is 17.9 Å². The van der Waals surface area contributed by atoms with Crippen LogP contribution >= 0.6 is 27.3 Å². The highest BCUT2D eigenvalue weighted by molar-refractivity contribution is 9.10. The molecule has 31 heavy (non-hydrogen) atoms. The van der Waals surface area contributed by atoms with E-state index in [1.54, 1.807) is 17.5 Å². The van der Waals surface area contributed by atoms with E-state index in [9.17, 15) is 13.2 Å². The molecular formula is C21H22BrN3O4S2. The number of aromatic nitrogens is 1. The van der Waals surface area contributed by atoms with E-state index in [-0.39, 0.29) is 15.9 Å². The Balaban J connectivity index is 1.71. The third-order valence-corrected chi connectivity index (χ3v) is 6.88. The van der Waals surface area contributed by atoms with Crippen LogP contribution in [0.25, 0.3) is 0 Å². The molecule has 0 atom stereocenters. The number of carbonyl (C=O) groups excluding carboxylic acids is 1. The summed E-state index contributed by atoms with van der Waals surface area (Å²) in [5.41, 5.74) is 0.853. The molecule has 0 saturated heterocycles. The number of carbonyl (C=O) groups is 1. The predicted octanol–water partition coefficient (Wildman–Crippen LogP) is 5.38. The van der Waals surface area contributed by atoms with E-state index in [1.807, 2.05) is 6.07 Å². The van der Waals surface area contributed by atoms with Crippen LogP contribution in [0.1, 0.15) is 30.6 Å². The summed E-state index contributed by atoms with van der Waals surface area (Å²) in [5, 5.41) is 4.75. The van der Waals surface area contributed by atoms with Crippen molar-refractivity contribution in [3.05, 3.63) is 64.1 Å². The quantitative estimate of drug-likeness (QED) is 0.392. The standard InChI is InChI=1S/C21H22BrN3O4S2/c1-14(2)9-11-29-19-8-3-15(22)13-18(19)20(26)24-16-4-6-17(7-5-16)31(27,28)25-21-23-10-12-30-21/h3-8,10,12-14H,9,11H2,1-2H3,(H,23,25)(H,24,26). The number of benzene rings is 2. The van der Waals surface area contributed by atoms with Crippen LogP contribution in [0.3, 0.4) is 0 Å². The number of rotatable bonds is 9. The van der Waals surface area contributed by atoms with Crippen LogP contribution in [-0.2, 0) is 10.0 Å². The van der Waals surface area contributed by atoms with Crippen LogP contribution < -0.4 is 14.8 Å². The van der Waals surface area contributed by atoms with Crippen LogP contribution in [0.5, 0.6) is 5.75 Å². The molecule has 1 aromatic heterocycles. The summed E-state index contributed by atoms with van der Waals surface area (Å²) >= 11 is 4.57. The molecule has 7 nitrogen and oxygen atoms in total. The number of sulfonamides is 1. The second-order valence-electron chi connectivity index (χ2n) is 7.09. The summed E-state index contributed by atoms with van der Waals surface area (Å²) in [5.74, 6) is 0.637. The average Bonchev–Trinajstić information content (AvgIpc) is 3.21. The number of anilines is 2. The fourth-order valence-corrected chi connectivity index (χ4v) is 4.72. The molecule has 0 saturated carbocycles. The van der Waals surface area contributed by atoms with Crippen molar-refractivity contribution in [1.29, 1.82) is 0 Å². The largest absolute Gasteiger partial charge is 0.493 e. The lowest BCUT2D eigenvalue weighted by Crippen LogP contribution is -2.15. The molecule has 0 spiro atoms. The lowest BCUT2D eigenvalue weighted by atomic mass is 10.1. The molecule has 1 amide bonds. The Hall–Kier alpha value is -2.43. The Morgan fingerprint density at radius 3 is 2.58 bits per heavy atom. The van der Waals surface area contributed by atoms with Gasteiger partial charge in [-0.25, -0.2) is 13.4 Å². The van der Waals surface area contributed by atoms with Gasteiger partial charge in [-0.2, -0.15) is 0 Å². The molecule has 1 heterocycles. The summed E-state index contributed by atoms with van der Waals surface area (Å²) < 4.78 is 33.8. The van der Waals surface area contributed by atoms with Crippen LogP contribution in [0.4, 0.5) is 10.8 Å². The molecule has 2 aromatic carbocycles. The number of amides is 1. The van der Waals surface area contributed by atoms with E-state index < -0.39 is 10.0 Å². The normalized spacial score (nSPS) is 11.4. The van der Waals surface area contributed by atoms with E-state index in [4.69, 9.17) is 4.74 Å². The third-order valence-electron chi connectivity index (χ3n) is 4.22. The number of halogens is 1. The first kappa shape index (κ1) is 23.2. The number of hydrogen-bond acceptors (Lipinski definition) is 6. The first-order valence-electron chi connectivity index (χ1n) is 9.50. The molecule has 0 aliphatic rings. The molecule has 3 aromatic rings. The highest BCUT2D eigenvalue weighted by Crippen LogP contribution is 2.26. The van der Waals surface area contributed by atoms with Gasteiger partial charge in [-0.1, -0.05) is 29.8 Å². The summed E-state index contributed by atoms with van der Waals surface area (Å²) in [6.07, 6.45) is 2.39. The number of hydrogen-bond donors (Lipinski definition) is 2. The molecule has 0 aliphatic heterocycles. The molecular weight excluding hydrogens is 502 g/mol. The van der Waals surface area contributed by atoms with Crippen molar-refractivity contribution in [3.63, 3.8) is 0 Å². The van der Waals surface area contributed by atoms with Crippen molar-refractivity contribution in [2.45, 2.75) is 25.2 Å². The van der Waals surface area contributed by atoms with Gasteiger partial charge in [0.1, 0.15) is 5.75 Å². The second-order valence-corrected chi connectivity index (χ2v) is 10.6. The lowest BCUT2D eigenvalue weighted by Gasteiger charge is -2.13. The molecule has 2 N–H and O–H groups in total. The maximum atomic E-state index is 12.8. The molecule has 0 unspecified atom stereocenters. The number of thiazole rings is 1. The Labute approximate surface area is 194 Å². The zero-order chi connectivity index (χ0) is 22.4. The van der Waals surface area contributed by atoms with E-state index >= 15 is 0 Å². The van der Waals surface area contributed by atoms with Crippen molar-refractivity contribution >= 4 is 54.0 Å². The van der Waals surface area contributed by atoms with Gasteiger partial charge in [0, 0.05) is 21.7 Å². The van der Waals surface area contributed by atoms with Gasteiger partial charge < -0.3 is 10.1 Å². The monoisotopic (exact) mass is 523 g/mol. The van der Waals surface area contributed by atoms with E-state index in [1.165, 1.54) is 41.8 Å². The zero-order valence-corrected chi connectivity index (χ0v) is 20.2. The van der Waals surface area contributed by atoms with Gasteiger partial charge in [0.15, 0.2) is 5.13 Å². The predicted molar refractivity (Wildman–Crippen MR) is 126 cm³/mol. The van der Waals surface area contributed by atoms with Crippen molar-refractivity contribution in [2.75, 3.05) is 16.6 Å². The van der Waals surface area contributed by atoms with E-state index in [2.05, 4.69) is 44.8 Å². The van der Waals surface area contributed by atoms with Gasteiger partial charge in [-0.05, 0) is 54.8 Å². The Morgan fingerprint density at radius 1 is 1.19 bits per heavy atom.